The number of benzene rings is 2. The fourth-order valence-electron chi connectivity index (χ4n) is 1.73. The Labute approximate surface area is 143 Å². The van der Waals surface area contributed by atoms with Gasteiger partial charge in [-0.3, -0.25) is 0 Å². The van der Waals surface area contributed by atoms with E-state index in [9.17, 15) is 4.79 Å². The molecule has 0 aliphatic rings. The summed E-state index contributed by atoms with van der Waals surface area (Å²) in [5.41, 5.74) is 1.88. The van der Waals surface area contributed by atoms with Gasteiger partial charge in [0.15, 0.2) is 5.11 Å². The lowest BCUT2D eigenvalue weighted by Gasteiger charge is -2.11. The summed E-state index contributed by atoms with van der Waals surface area (Å²) in [6, 6.07) is 11.8. The zero-order valence-electron chi connectivity index (χ0n) is 11.5. The number of rotatable bonds is 3. The minimum atomic E-state index is -0.388. The van der Waals surface area contributed by atoms with E-state index in [1.54, 1.807) is 42.5 Å². The van der Waals surface area contributed by atoms with Crippen LogP contribution in [0.25, 0.3) is 0 Å². The summed E-state index contributed by atoms with van der Waals surface area (Å²) < 4.78 is 4.64. The number of halogens is 2. The van der Waals surface area contributed by atoms with Gasteiger partial charge in [-0.1, -0.05) is 23.2 Å². The highest BCUT2D eigenvalue weighted by molar-refractivity contribution is 7.80. The molecule has 0 heterocycles. The van der Waals surface area contributed by atoms with Crippen molar-refractivity contribution in [3.8, 4) is 0 Å². The third-order valence-corrected chi connectivity index (χ3v) is 3.32. The zero-order valence-corrected chi connectivity index (χ0v) is 13.9. The number of ether oxygens (including phenoxy) is 1. The van der Waals surface area contributed by atoms with Crippen molar-refractivity contribution < 1.29 is 9.53 Å². The lowest BCUT2D eigenvalue weighted by molar-refractivity contribution is 0.0601. The van der Waals surface area contributed by atoms with Crippen LogP contribution in [0.3, 0.4) is 0 Å². The van der Waals surface area contributed by atoms with E-state index in [1.807, 2.05) is 0 Å². The summed E-state index contributed by atoms with van der Waals surface area (Å²) in [7, 11) is 1.34. The molecule has 0 bridgehead atoms. The fraction of sp³-hybridized carbons (Fsp3) is 0.0667. The van der Waals surface area contributed by atoms with Gasteiger partial charge >= 0.3 is 5.97 Å². The monoisotopic (exact) mass is 354 g/mol. The molecule has 0 aromatic heterocycles. The first-order valence-corrected chi connectivity index (χ1v) is 7.37. The Kier molecular flexibility index (Phi) is 5.60. The Balaban J connectivity index is 2.01. The van der Waals surface area contributed by atoms with Crippen LogP contribution in [-0.2, 0) is 4.74 Å². The molecule has 0 amide bonds. The van der Waals surface area contributed by atoms with Gasteiger partial charge in [-0.05, 0) is 54.7 Å². The lowest BCUT2D eigenvalue weighted by atomic mass is 10.2. The quantitative estimate of drug-likeness (QED) is 0.623. The number of methoxy groups -OCH3 is 1. The molecule has 22 heavy (non-hydrogen) atoms. The van der Waals surface area contributed by atoms with Crippen LogP contribution < -0.4 is 10.6 Å². The van der Waals surface area contributed by atoms with Gasteiger partial charge in [-0.15, -0.1) is 0 Å². The molecule has 7 heteroatoms. The van der Waals surface area contributed by atoms with E-state index in [4.69, 9.17) is 35.4 Å². The van der Waals surface area contributed by atoms with Crippen molar-refractivity contribution >= 4 is 57.9 Å². The minimum absolute atomic E-state index is 0.379. The Bertz CT molecular complexity index is 685. The zero-order chi connectivity index (χ0) is 16.1. The number of hydrogen-bond acceptors (Lipinski definition) is 3. The van der Waals surface area contributed by atoms with E-state index in [-0.39, 0.29) is 5.97 Å². The van der Waals surface area contributed by atoms with Crippen molar-refractivity contribution in [2.45, 2.75) is 0 Å². The van der Waals surface area contributed by atoms with Gasteiger partial charge in [0.05, 0.1) is 12.7 Å². The predicted octanol–water partition coefficient (Wildman–Crippen LogP) is 4.59. The van der Waals surface area contributed by atoms with Gasteiger partial charge in [0.1, 0.15) is 0 Å². The van der Waals surface area contributed by atoms with Crippen LogP contribution in [0.1, 0.15) is 10.4 Å². The third-order valence-electron chi connectivity index (χ3n) is 2.68. The number of carbonyl (C=O) groups excluding carboxylic acids is 1. The van der Waals surface area contributed by atoms with Crippen LogP contribution in [-0.4, -0.2) is 18.2 Å². The van der Waals surface area contributed by atoms with Crippen molar-refractivity contribution in [2.75, 3.05) is 17.7 Å². The number of nitrogens with one attached hydrogen (secondary N) is 2. The molecule has 2 rings (SSSR count). The van der Waals surface area contributed by atoms with Gasteiger partial charge < -0.3 is 15.4 Å². The van der Waals surface area contributed by atoms with Crippen molar-refractivity contribution in [1.82, 2.24) is 0 Å². The molecule has 0 fully saturated rings. The smallest absolute Gasteiger partial charge is 0.337 e. The Morgan fingerprint density at radius 1 is 1.00 bits per heavy atom. The maximum Gasteiger partial charge on any atom is 0.337 e. The molecule has 0 radical (unpaired) electrons. The van der Waals surface area contributed by atoms with Crippen LogP contribution in [0.15, 0.2) is 42.5 Å². The molecule has 2 aromatic rings. The van der Waals surface area contributed by atoms with Crippen molar-refractivity contribution in [3.63, 3.8) is 0 Å². The Morgan fingerprint density at radius 3 is 2.09 bits per heavy atom. The standard InChI is InChI=1S/C15H12Cl2N2O2S/c1-21-14(20)9-2-4-12(5-3-9)18-15(22)19-13-7-10(16)6-11(17)8-13/h2-8H,1H3,(H2,18,19,22). The fourth-order valence-corrected chi connectivity index (χ4v) is 2.49. The molecule has 0 spiro atoms. The second kappa shape index (κ2) is 7.45. The summed E-state index contributed by atoms with van der Waals surface area (Å²) in [5.74, 6) is -0.388. The summed E-state index contributed by atoms with van der Waals surface area (Å²) >= 11 is 17.1. The van der Waals surface area contributed by atoms with Gasteiger partial charge in [0, 0.05) is 21.4 Å². The first kappa shape index (κ1) is 16.5. The Hall–Kier alpha value is -1.82. The van der Waals surface area contributed by atoms with E-state index in [0.29, 0.717) is 26.4 Å². The lowest BCUT2D eigenvalue weighted by Crippen LogP contribution is -2.19. The molecule has 0 saturated carbocycles. The maximum atomic E-state index is 11.3. The summed E-state index contributed by atoms with van der Waals surface area (Å²) in [6.45, 7) is 0. The number of thiocarbonyl (C=S) groups is 1. The normalized spacial score (nSPS) is 9.95. The highest BCUT2D eigenvalue weighted by Crippen LogP contribution is 2.22. The molecule has 0 saturated heterocycles. The van der Waals surface area contributed by atoms with Gasteiger partial charge in [0.25, 0.3) is 0 Å². The van der Waals surface area contributed by atoms with Crippen LogP contribution in [0.4, 0.5) is 11.4 Å². The Morgan fingerprint density at radius 2 is 1.55 bits per heavy atom. The highest BCUT2D eigenvalue weighted by atomic mass is 35.5. The van der Waals surface area contributed by atoms with E-state index < -0.39 is 0 Å². The molecule has 4 nitrogen and oxygen atoms in total. The summed E-state index contributed by atoms with van der Waals surface area (Å²) in [5, 5.41) is 7.38. The molecular weight excluding hydrogens is 343 g/mol. The van der Waals surface area contributed by atoms with Gasteiger partial charge in [0.2, 0.25) is 0 Å². The van der Waals surface area contributed by atoms with Gasteiger partial charge in [-0.25, -0.2) is 4.79 Å². The number of esters is 1. The molecule has 0 aliphatic heterocycles. The molecule has 0 atom stereocenters. The van der Waals surface area contributed by atoms with Crippen LogP contribution in [0, 0.1) is 0 Å². The third kappa shape index (κ3) is 4.59. The second-order valence-corrected chi connectivity index (χ2v) is 5.59. The van der Waals surface area contributed by atoms with E-state index in [2.05, 4.69) is 15.4 Å². The number of anilines is 2. The van der Waals surface area contributed by atoms with Crippen molar-refractivity contribution in [2.24, 2.45) is 0 Å². The second-order valence-electron chi connectivity index (χ2n) is 4.31. The molecule has 2 aromatic carbocycles. The number of carbonyl (C=O) groups is 1. The average molecular weight is 355 g/mol. The first-order chi connectivity index (χ1) is 10.5. The number of hydrogen-bond donors (Lipinski definition) is 2. The first-order valence-electron chi connectivity index (χ1n) is 6.20. The van der Waals surface area contributed by atoms with Gasteiger partial charge in [-0.2, -0.15) is 0 Å². The predicted molar refractivity (Wildman–Crippen MR) is 94.1 cm³/mol. The largest absolute Gasteiger partial charge is 0.465 e. The average Bonchev–Trinajstić information content (AvgIpc) is 2.46. The highest BCUT2D eigenvalue weighted by Gasteiger charge is 2.05. The summed E-state index contributed by atoms with van der Waals surface area (Å²) in [4.78, 5) is 11.3. The summed E-state index contributed by atoms with van der Waals surface area (Å²) in [6.07, 6.45) is 0. The van der Waals surface area contributed by atoms with Crippen LogP contribution in [0.2, 0.25) is 10.0 Å². The van der Waals surface area contributed by atoms with Crippen LogP contribution >= 0.6 is 35.4 Å². The molecular formula is C15H12Cl2N2O2S. The maximum absolute atomic E-state index is 11.3. The van der Waals surface area contributed by atoms with E-state index >= 15 is 0 Å². The SMILES string of the molecule is COC(=O)c1ccc(NC(=S)Nc2cc(Cl)cc(Cl)c2)cc1. The molecule has 2 N–H and O–H groups in total. The molecule has 0 aliphatic carbocycles. The van der Waals surface area contributed by atoms with Crippen LogP contribution in [0.5, 0.6) is 0 Å². The molecule has 114 valence electrons. The van der Waals surface area contributed by atoms with E-state index in [0.717, 1.165) is 5.69 Å². The minimum Gasteiger partial charge on any atom is -0.465 e. The van der Waals surface area contributed by atoms with Crippen molar-refractivity contribution in [3.05, 3.63) is 58.1 Å². The van der Waals surface area contributed by atoms with E-state index in [1.165, 1.54) is 7.11 Å². The topological polar surface area (TPSA) is 50.4 Å². The molecule has 0 unspecified atom stereocenters. The van der Waals surface area contributed by atoms with Crippen molar-refractivity contribution in [1.29, 1.82) is 0 Å².